The maximum Gasteiger partial charge on any atom is 0.0434 e. The molecule has 1 fully saturated rings. The first kappa shape index (κ1) is 9.57. The summed E-state index contributed by atoms with van der Waals surface area (Å²) in [4.78, 5) is 0. The molecule has 1 rings (SSSR count). The van der Waals surface area contributed by atoms with Gasteiger partial charge in [-0.25, -0.2) is 0 Å². The zero-order valence-corrected chi connectivity index (χ0v) is 7.68. The highest BCUT2D eigenvalue weighted by Gasteiger charge is 2.02. The third-order valence-corrected chi connectivity index (χ3v) is 2.27. The average molecular weight is 166 g/mol. The number of hydrogen-bond acceptors (Lipinski definition) is 1. The Kier molecular flexibility index (Phi) is 4.82. The Balaban J connectivity index is 2.27. The van der Waals surface area contributed by atoms with E-state index < -0.39 is 0 Å². The minimum Gasteiger partial charge on any atom is -0.396 e. The van der Waals surface area contributed by atoms with E-state index in [4.69, 9.17) is 5.11 Å². The summed E-state index contributed by atoms with van der Waals surface area (Å²) in [6.45, 7) is 0.299. The predicted molar refractivity (Wildman–Crippen MR) is 51.0 cm³/mol. The van der Waals surface area contributed by atoms with Gasteiger partial charge in [-0.3, -0.25) is 0 Å². The number of aliphatic hydroxyl groups excluding tert-OH is 1. The number of aliphatic hydroxyl groups is 1. The lowest BCUT2D eigenvalue weighted by Gasteiger charge is -2.10. The topological polar surface area (TPSA) is 20.2 Å². The lowest BCUT2D eigenvalue weighted by Crippen LogP contribution is -1.91. The summed E-state index contributed by atoms with van der Waals surface area (Å²) in [5.41, 5.74) is 4.82. The van der Waals surface area contributed by atoms with E-state index in [9.17, 15) is 0 Å². The summed E-state index contributed by atoms with van der Waals surface area (Å²) in [6.07, 6.45) is 10.5. The Labute approximate surface area is 74.8 Å². The quantitative estimate of drug-likeness (QED) is 0.505. The molecule has 1 saturated carbocycles. The molecule has 0 amide bonds. The van der Waals surface area contributed by atoms with Gasteiger partial charge in [-0.15, -0.1) is 5.73 Å². The van der Waals surface area contributed by atoms with Gasteiger partial charge in [0.05, 0.1) is 0 Å². The number of unbranched alkanes of at least 4 members (excludes halogenated alkanes) is 1. The normalized spacial score (nSPS) is 17.2. The minimum absolute atomic E-state index is 0.299. The molecule has 0 unspecified atom stereocenters. The molecule has 1 nitrogen and oxygen atoms in total. The first-order valence-corrected chi connectivity index (χ1v) is 4.97. The fraction of sp³-hybridized carbons (Fsp3) is 0.727. The van der Waals surface area contributed by atoms with Crippen LogP contribution in [0.4, 0.5) is 0 Å². The molecule has 0 radical (unpaired) electrons. The highest BCUT2D eigenvalue weighted by Crippen LogP contribution is 2.21. The summed E-state index contributed by atoms with van der Waals surface area (Å²) in [5.74, 6) is 0. The van der Waals surface area contributed by atoms with Gasteiger partial charge in [-0.1, -0.05) is 6.42 Å². The van der Waals surface area contributed by atoms with Gasteiger partial charge in [0.25, 0.3) is 0 Å². The van der Waals surface area contributed by atoms with E-state index in [1.165, 1.54) is 37.7 Å². The predicted octanol–water partition coefficient (Wildman–Crippen LogP) is 2.80. The van der Waals surface area contributed by atoms with E-state index in [2.05, 4.69) is 11.8 Å². The van der Waals surface area contributed by atoms with Crippen LogP contribution in [0.15, 0.2) is 17.4 Å². The lowest BCUT2D eigenvalue weighted by molar-refractivity contribution is 0.289. The maximum absolute atomic E-state index is 8.55. The standard InChI is InChI=1S/C11H18O/c12-10-6-2-5-9-11-7-3-1-4-8-11/h5,12H,1-4,6-8,10H2. The SMILES string of the molecule is OCCCC=C=C1CCCCC1. The molecule has 68 valence electrons. The second kappa shape index (κ2) is 6.05. The van der Waals surface area contributed by atoms with Crippen molar-refractivity contribution in [2.45, 2.75) is 44.9 Å². The van der Waals surface area contributed by atoms with E-state index in [1.54, 1.807) is 0 Å². The highest BCUT2D eigenvalue weighted by atomic mass is 16.2. The van der Waals surface area contributed by atoms with Gasteiger partial charge in [0, 0.05) is 6.61 Å². The van der Waals surface area contributed by atoms with Gasteiger partial charge >= 0.3 is 0 Å². The average Bonchev–Trinajstić information content (AvgIpc) is 2.14. The van der Waals surface area contributed by atoms with Crippen LogP contribution in [0.3, 0.4) is 0 Å². The van der Waals surface area contributed by atoms with Crippen LogP contribution >= 0.6 is 0 Å². The van der Waals surface area contributed by atoms with Gasteiger partial charge in [0.15, 0.2) is 0 Å². The molecule has 0 bridgehead atoms. The molecule has 1 aliphatic carbocycles. The maximum atomic E-state index is 8.55. The molecular formula is C11H18O. The number of allylic oxidation sites excluding steroid dienone is 1. The van der Waals surface area contributed by atoms with Crippen LogP contribution < -0.4 is 0 Å². The molecule has 0 spiro atoms. The molecule has 12 heavy (non-hydrogen) atoms. The third kappa shape index (κ3) is 3.75. The Morgan fingerprint density at radius 2 is 2.00 bits per heavy atom. The molecule has 0 aromatic rings. The van der Waals surface area contributed by atoms with Crippen molar-refractivity contribution >= 4 is 0 Å². The summed E-state index contributed by atoms with van der Waals surface area (Å²) in [6, 6.07) is 0. The van der Waals surface area contributed by atoms with Crippen LogP contribution in [0.1, 0.15) is 44.9 Å². The Hall–Kier alpha value is -0.520. The first-order valence-electron chi connectivity index (χ1n) is 4.97. The molecule has 0 atom stereocenters. The minimum atomic E-state index is 0.299. The highest BCUT2D eigenvalue weighted by molar-refractivity contribution is 5.03. The molecule has 0 saturated heterocycles. The van der Waals surface area contributed by atoms with Crippen molar-refractivity contribution in [1.82, 2.24) is 0 Å². The van der Waals surface area contributed by atoms with Crippen LogP contribution in [0, 0.1) is 0 Å². The van der Waals surface area contributed by atoms with E-state index in [0.29, 0.717) is 6.61 Å². The van der Waals surface area contributed by atoms with Crippen LogP contribution in [-0.4, -0.2) is 11.7 Å². The number of hydrogen-bond donors (Lipinski definition) is 1. The van der Waals surface area contributed by atoms with Crippen molar-refractivity contribution < 1.29 is 5.11 Å². The third-order valence-electron chi connectivity index (χ3n) is 2.27. The van der Waals surface area contributed by atoms with E-state index in [1.807, 2.05) is 0 Å². The van der Waals surface area contributed by atoms with Gasteiger partial charge in [0.2, 0.25) is 0 Å². The molecule has 1 aliphatic rings. The van der Waals surface area contributed by atoms with Crippen molar-refractivity contribution in [2.24, 2.45) is 0 Å². The van der Waals surface area contributed by atoms with Gasteiger partial charge < -0.3 is 5.11 Å². The van der Waals surface area contributed by atoms with Crippen LogP contribution in [0.2, 0.25) is 0 Å². The molecule has 1 N–H and O–H groups in total. The van der Waals surface area contributed by atoms with E-state index in [0.717, 1.165) is 12.8 Å². The molecule has 0 heterocycles. The summed E-state index contributed by atoms with van der Waals surface area (Å²) >= 11 is 0. The van der Waals surface area contributed by atoms with Crippen molar-refractivity contribution in [3.63, 3.8) is 0 Å². The Bertz CT molecular complexity index is 167. The summed E-state index contributed by atoms with van der Waals surface area (Å²) in [5, 5.41) is 8.55. The van der Waals surface area contributed by atoms with Gasteiger partial charge in [0.1, 0.15) is 0 Å². The van der Waals surface area contributed by atoms with Crippen molar-refractivity contribution in [3.05, 3.63) is 17.4 Å². The Morgan fingerprint density at radius 3 is 2.67 bits per heavy atom. The van der Waals surface area contributed by atoms with E-state index >= 15 is 0 Å². The van der Waals surface area contributed by atoms with Crippen LogP contribution in [0.5, 0.6) is 0 Å². The zero-order valence-electron chi connectivity index (χ0n) is 7.68. The second-order valence-electron chi connectivity index (χ2n) is 3.38. The smallest absolute Gasteiger partial charge is 0.0434 e. The molecular weight excluding hydrogens is 148 g/mol. The lowest BCUT2D eigenvalue weighted by atomic mass is 9.95. The van der Waals surface area contributed by atoms with Gasteiger partial charge in [-0.2, -0.15) is 0 Å². The summed E-state index contributed by atoms with van der Waals surface area (Å²) < 4.78 is 0. The van der Waals surface area contributed by atoms with Crippen LogP contribution in [-0.2, 0) is 0 Å². The fourth-order valence-corrected chi connectivity index (χ4v) is 1.53. The van der Waals surface area contributed by atoms with Gasteiger partial charge in [-0.05, 0) is 50.2 Å². The summed E-state index contributed by atoms with van der Waals surface area (Å²) in [7, 11) is 0. The molecule has 1 heteroatoms. The zero-order chi connectivity index (χ0) is 8.65. The monoisotopic (exact) mass is 166 g/mol. The van der Waals surface area contributed by atoms with Crippen molar-refractivity contribution in [3.8, 4) is 0 Å². The van der Waals surface area contributed by atoms with Crippen molar-refractivity contribution in [1.29, 1.82) is 0 Å². The Morgan fingerprint density at radius 1 is 1.25 bits per heavy atom. The van der Waals surface area contributed by atoms with Crippen LogP contribution in [0.25, 0.3) is 0 Å². The fourth-order valence-electron chi connectivity index (χ4n) is 1.53. The first-order chi connectivity index (χ1) is 5.93. The van der Waals surface area contributed by atoms with E-state index in [-0.39, 0.29) is 0 Å². The molecule has 0 aliphatic heterocycles. The number of rotatable bonds is 3. The molecule has 0 aromatic carbocycles. The molecule has 0 aromatic heterocycles. The van der Waals surface area contributed by atoms with Crippen molar-refractivity contribution in [2.75, 3.05) is 6.61 Å². The second-order valence-corrected chi connectivity index (χ2v) is 3.38. The largest absolute Gasteiger partial charge is 0.396 e.